The number of carbonyl (C=O) groups excluding carboxylic acids is 1. The van der Waals surface area contributed by atoms with Gasteiger partial charge in [0.1, 0.15) is 17.2 Å². The summed E-state index contributed by atoms with van der Waals surface area (Å²) in [7, 11) is 0. The molecular weight excluding hydrogens is 362 g/mol. The first kappa shape index (κ1) is 17.7. The number of aryl methyl sites for hydroxylation is 1. The number of hydrogen-bond acceptors (Lipinski definition) is 2. The van der Waals surface area contributed by atoms with Gasteiger partial charge >= 0.3 is 0 Å². The molecule has 0 saturated carbocycles. The molecule has 0 aliphatic heterocycles. The Morgan fingerprint density at radius 2 is 1.64 bits per heavy atom. The van der Waals surface area contributed by atoms with Crippen molar-refractivity contribution in [1.29, 1.82) is 0 Å². The Morgan fingerprint density at radius 1 is 0.964 bits per heavy atom. The molecule has 0 saturated heterocycles. The maximum absolute atomic E-state index is 14.0. The highest BCUT2D eigenvalue weighted by atomic mass is 19.1. The lowest BCUT2D eigenvalue weighted by molar-refractivity contribution is 0.102. The Kier molecular flexibility index (Phi) is 4.49. The first-order chi connectivity index (χ1) is 13.5. The number of nitrogens with zero attached hydrogens (tertiary/aromatic N) is 3. The van der Waals surface area contributed by atoms with Crippen LogP contribution in [0.15, 0.2) is 73.1 Å². The van der Waals surface area contributed by atoms with Gasteiger partial charge in [-0.05, 0) is 55.5 Å². The van der Waals surface area contributed by atoms with E-state index in [-0.39, 0.29) is 11.5 Å². The fourth-order valence-corrected chi connectivity index (χ4v) is 3.00. The van der Waals surface area contributed by atoms with E-state index in [0.29, 0.717) is 22.8 Å². The van der Waals surface area contributed by atoms with Gasteiger partial charge in [-0.1, -0.05) is 12.1 Å². The van der Waals surface area contributed by atoms with Crippen LogP contribution in [0, 0.1) is 18.6 Å². The molecule has 0 unspecified atom stereocenters. The lowest BCUT2D eigenvalue weighted by atomic mass is 10.2. The van der Waals surface area contributed by atoms with Crippen LogP contribution < -0.4 is 5.32 Å². The van der Waals surface area contributed by atoms with Crippen LogP contribution >= 0.6 is 0 Å². The van der Waals surface area contributed by atoms with Crippen molar-refractivity contribution >= 4 is 11.6 Å². The minimum Gasteiger partial charge on any atom is -0.319 e. The van der Waals surface area contributed by atoms with E-state index in [1.54, 1.807) is 52.8 Å². The molecule has 1 amide bonds. The lowest BCUT2D eigenvalue weighted by Gasteiger charge is -2.11. The summed E-state index contributed by atoms with van der Waals surface area (Å²) in [4.78, 5) is 13.0. The van der Waals surface area contributed by atoms with Crippen LogP contribution in [0.2, 0.25) is 0 Å². The van der Waals surface area contributed by atoms with Gasteiger partial charge < -0.3 is 9.88 Å². The predicted molar refractivity (Wildman–Crippen MR) is 102 cm³/mol. The molecule has 2 aromatic carbocycles. The maximum atomic E-state index is 14.0. The average Bonchev–Trinajstić information content (AvgIpc) is 3.31. The molecule has 2 aromatic heterocycles. The van der Waals surface area contributed by atoms with E-state index in [0.717, 1.165) is 0 Å². The number of hydrogen-bond donors (Lipinski definition) is 1. The standard InChI is InChI=1S/C21H16F2N4O/c1-14-19(20(28)24-18-7-3-2-6-17(18)23)21(26-12-4-5-13-26)27(25-14)16-10-8-15(22)9-11-16/h2-13H,1H3,(H,24,28). The lowest BCUT2D eigenvalue weighted by Crippen LogP contribution is -2.16. The van der Waals surface area contributed by atoms with Crippen molar-refractivity contribution in [2.24, 2.45) is 0 Å². The summed E-state index contributed by atoms with van der Waals surface area (Å²) in [6.45, 7) is 1.70. The van der Waals surface area contributed by atoms with E-state index in [9.17, 15) is 13.6 Å². The number of benzene rings is 2. The molecule has 28 heavy (non-hydrogen) atoms. The van der Waals surface area contributed by atoms with Crippen molar-refractivity contribution in [2.45, 2.75) is 6.92 Å². The first-order valence-corrected chi connectivity index (χ1v) is 8.59. The molecule has 5 nitrogen and oxygen atoms in total. The van der Waals surface area contributed by atoms with Crippen LogP contribution in [-0.2, 0) is 0 Å². The van der Waals surface area contributed by atoms with E-state index in [4.69, 9.17) is 0 Å². The van der Waals surface area contributed by atoms with Gasteiger partial charge in [-0.2, -0.15) is 5.10 Å². The molecular formula is C21H16F2N4O. The second-order valence-electron chi connectivity index (χ2n) is 6.20. The number of halogens is 2. The Morgan fingerprint density at radius 3 is 2.32 bits per heavy atom. The van der Waals surface area contributed by atoms with Crippen molar-refractivity contribution < 1.29 is 13.6 Å². The molecule has 2 heterocycles. The van der Waals surface area contributed by atoms with Gasteiger partial charge in [0.05, 0.1) is 17.1 Å². The van der Waals surface area contributed by atoms with Crippen molar-refractivity contribution in [1.82, 2.24) is 14.3 Å². The highest BCUT2D eigenvalue weighted by Gasteiger charge is 2.24. The van der Waals surface area contributed by atoms with Crippen LogP contribution in [0.4, 0.5) is 14.5 Å². The van der Waals surface area contributed by atoms with E-state index in [1.807, 2.05) is 12.1 Å². The van der Waals surface area contributed by atoms with E-state index < -0.39 is 11.7 Å². The van der Waals surface area contributed by atoms with Gasteiger partial charge in [0.15, 0.2) is 5.82 Å². The van der Waals surface area contributed by atoms with Crippen LogP contribution in [0.25, 0.3) is 11.5 Å². The summed E-state index contributed by atoms with van der Waals surface area (Å²) in [5.74, 6) is -0.905. The highest BCUT2D eigenvalue weighted by Crippen LogP contribution is 2.25. The molecule has 0 spiro atoms. The molecule has 0 fully saturated rings. The molecule has 140 valence electrons. The molecule has 4 aromatic rings. The minimum absolute atomic E-state index is 0.0832. The van der Waals surface area contributed by atoms with Gasteiger partial charge in [-0.3, -0.25) is 4.79 Å². The molecule has 0 atom stereocenters. The topological polar surface area (TPSA) is 51.9 Å². The molecule has 7 heteroatoms. The monoisotopic (exact) mass is 378 g/mol. The van der Waals surface area contributed by atoms with Crippen LogP contribution in [0.5, 0.6) is 0 Å². The van der Waals surface area contributed by atoms with Crippen molar-refractivity contribution in [3.05, 3.63) is 95.9 Å². The molecule has 0 radical (unpaired) electrons. The summed E-state index contributed by atoms with van der Waals surface area (Å²) in [6.07, 6.45) is 3.55. The zero-order chi connectivity index (χ0) is 19.7. The SMILES string of the molecule is Cc1nn(-c2ccc(F)cc2)c(-n2cccc2)c1C(=O)Nc1ccccc1F. The van der Waals surface area contributed by atoms with E-state index in [1.165, 1.54) is 24.3 Å². The largest absolute Gasteiger partial charge is 0.319 e. The number of nitrogens with one attached hydrogen (secondary N) is 1. The number of carbonyl (C=O) groups is 1. The van der Waals surface area contributed by atoms with Gasteiger partial charge in [0, 0.05) is 12.4 Å². The summed E-state index contributed by atoms with van der Waals surface area (Å²) in [5.41, 5.74) is 1.43. The predicted octanol–water partition coefficient (Wildman–Crippen LogP) is 4.50. The molecule has 1 N–H and O–H groups in total. The van der Waals surface area contributed by atoms with E-state index in [2.05, 4.69) is 10.4 Å². The summed E-state index contributed by atoms with van der Waals surface area (Å²) >= 11 is 0. The summed E-state index contributed by atoms with van der Waals surface area (Å²) < 4.78 is 30.6. The zero-order valence-corrected chi connectivity index (χ0v) is 14.9. The van der Waals surface area contributed by atoms with Crippen molar-refractivity contribution in [2.75, 3.05) is 5.32 Å². The Labute approximate surface area is 159 Å². The van der Waals surface area contributed by atoms with E-state index >= 15 is 0 Å². The Hall–Kier alpha value is -3.74. The minimum atomic E-state index is -0.526. The molecule has 0 bridgehead atoms. The van der Waals surface area contributed by atoms with Gasteiger partial charge in [0.2, 0.25) is 0 Å². The zero-order valence-electron chi connectivity index (χ0n) is 14.9. The van der Waals surface area contributed by atoms with Crippen molar-refractivity contribution in [3.63, 3.8) is 0 Å². The fourth-order valence-electron chi connectivity index (χ4n) is 3.00. The Balaban J connectivity index is 1.84. The number of anilines is 1. The first-order valence-electron chi connectivity index (χ1n) is 8.59. The molecule has 4 rings (SSSR count). The fraction of sp³-hybridized carbons (Fsp3) is 0.0476. The summed E-state index contributed by atoms with van der Waals surface area (Å²) in [5, 5.41) is 7.07. The number of rotatable bonds is 4. The normalized spacial score (nSPS) is 10.8. The number of aromatic nitrogens is 3. The number of para-hydroxylation sites is 1. The molecule has 0 aliphatic rings. The van der Waals surface area contributed by atoms with Crippen LogP contribution in [0.1, 0.15) is 16.1 Å². The average molecular weight is 378 g/mol. The highest BCUT2D eigenvalue weighted by molar-refractivity contribution is 6.07. The Bertz CT molecular complexity index is 1130. The summed E-state index contributed by atoms with van der Waals surface area (Å²) in [6, 6.07) is 15.4. The number of amides is 1. The third kappa shape index (κ3) is 3.18. The second kappa shape index (κ2) is 7.11. The van der Waals surface area contributed by atoms with Crippen LogP contribution in [-0.4, -0.2) is 20.3 Å². The van der Waals surface area contributed by atoms with Gasteiger partial charge in [0.25, 0.3) is 5.91 Å². The third-order valence-corrected chi connectivity index (χ3v) is 4.31. The quantitative estimate of drug-likeness (QED) is 0.568. The third-order valence-electron chi connectivity index (χ3n) is 4.31. The smallest absolute Gasteiger partial charge is 0.261 e. The van der Waals surface area contributed by atoms with Crippen LogP contribution in [0.3, 0.4) is 0 Å². The molecule has 0 aliphatic carbocycles. The maximum Gasteiger partial charge on any atom is 0.261 e. The second-order valence-corrected chi connectivity index (χ2v) is 6.20. The van der Waals surface area contributed by atoms with Crippen molar-refractivity contribution in [3.8, 4) is 11.5 Å². The van der Waals surface area contributed by atoms with Gasteiger partial charge in [-0.25, -0.2) is 13.5 Å². The van der Waals surface area contributed by atoms with Gasteiger partial charge in [-0.15, -0.1) is 0 Å².